The number of hydrogen-bond acceptors (Lipinski definition) is 4. The van der Waals surface area contributed by atoms with Crippen LogP contribution in [0.3, 0.4) is 0 Å². The van der Waals surface area contributed by atoms with Crippen LogP contribution in [0.4, 0.5) is 0 Å². The molecule has 0 spiro atoms. The minimum atomic E-state index is 0. The van der Waals surface area contributed by atoms with Crippen LogP contribution in [-0.2, 0) is 0 Å². The number of unbranched alkanes of at least 4 members (excludes halogenated alkanes) is 1. The third-order valence-electron chi connectivity index (χ3n) is 7.67. The molecule has 0 radical (unpaired) electrons. The summed E-state index contributed by atoms with van der Waals surface area (Å²) >= 11 is 11.2. The normalized spacial score (nSPS) is 10.7. The smallest absolute Gasteiger partial charge is 0.167 e. The molecule has 0 heterocycles. The van der Waals surface area contributed by atoms with E-state index in [4.69, 9.17) is 24.4 Å². The van der Waals surface area contributed by atoms with Gasteiger partial charge < -0.3 is 31.9 Å². The molecule has 0 aliphatic rings. The minimum Gasteiger partial charge on any atom is -0.363 e. The van der Waals surface area contributed by atoms with E-state index in [2.05, 4.69) is 129 Å². The van der Waals surface area contributed by atoms with Crippen LogP contribution in [-0.4, -0.2) is 49.5 Å². The molecule has 0 bridgehead atoms. The van der Waals surface area contributed by atoms with Crippen LogP contribution in [0.2, 0.25) is 0 Å². The summed E-state index contributed by atoms with van der Waals surface area (Å²) in [7, 11) is 0. The first kappa shape index (κ1) is 37.6. The zero-order valence-electron chi connectivity index (χ0n) is 26.6. The fourth-order valence-electron chi connectivity index (χ4n) is 5.25. The second kappa shape index (κ2) is 22.7. The molecule has 0 aliphatic carbocycles. The van der Waals surface area contributed by atoms with Gasteiger partial charge in [0.15, 0.2) is 10.2 Å². The van der Waals surface area contributed by atoms with Crippen molar-refractivity contribution in [2.24, 2.45) is 0 Å². The molecule has 4 aromatic rings. The third-order valence-corrected chi connectivity index (χ3v) is 8.20. The molecule has 4 aromatic carbocycles. The van der Waals surface area contributed by atoms with Crippen molar-refractivity contribution in [2.45, 2.75) is 45.2 Å². The Hall–Kier alpha value is -3.82. The van der Waals surface area contributed by atoms with Gasteiger partial charge in [-0.15, -0.1) is 0 Å². The molecule has 6 nitrogen and oxygen atoms in total. The monoisotopic (exact) mass is 668 g/mol. The average molecular weight is 669 g/mol. The van der Waals surface area contributed by atoms with E-state index >= 15 is 0 Å². The maximum Gasteiger partial charge on any atom is 0.167 e. The number of nitrogens with one attached hydrogen (secondary N) is 6. The Morgan fingerprint density at radius 2 is 0.681 bits per heavy atom. The molecule has 6 N–H and O–H groups in total. The Kier molecular flexibility index (Phi) is 18.1. The van der Waals surface area contributed by atoms with Crippen molar-refractivity contribution in [1.29, 1.82) is 0 Å². The van der Waals surface area contributed by atoms with Gasteiger partial charge in [-0.05, 0) is 98.6 Å². The number of benzene rings is 4. The van der Waals surface area contributed by atoms with Crippen molar-refractivity contribution >= 4 is 34.7 Å². The summed E-state index contributed by atoms with van der Waals surface area (Å²) in [5.41, 5.74) is 4.77. The lowest BCUT2D eigenvalue weighted by atomic mass is 9.99. The van der Waals surface area contributed by atoms with Gasteiger partial charge in [-0.25, -0.2) is 0 Å². The van der Waals surface area contributed by atoms with Crippen LogP contribution < -0.4 is 31.9 Å². The van der Waals surface area contributed by atoms with Gasteiger partial charge in [0, 0.05) is 13.1 Å². The van der Waals surface area contributed by atoms with Gasteiger partial charge >= 0.3 is 0 Å². The van der Waals surface area contributed by atoms with Crippen molar-refractivity contribution in [3.05, 3.63) is 144 Å². The zero-order chi connectivity index (χ0) is 32.1. The lowest BCUT2D eigenvalue weighted by Crippen LogP contribution is -2.39. The van der Waals surface area contributed by atoms with Crippen molar-refractivity contribution in [1.82, 2.24) is 31.9 Å². The summed E-state index contributed by atoms with van der Waals surface area (Å²) in [6.45, 7) is 5.67. The number of hydrogen-bond donors (Lipinski definition) is 6. The Morgan fingerprint density at radius 3 is 0.979 bits per heavy atom. The van der Waals surface area contributed by atoms with Crippen LogP contribution in [0.15, 0.2) is 121 Å². The van der Waals surface area contributed by atoms with E-state index < -0.39 is 0 Å². The van der Waals surface area contributed by atoms with Crippen molar-refractivity contribution < 1.29 is 0 Å². The van der Waals surface area contributed by atoms with Gasteiger partial charge in [0.25, 0.3) is 0 Å². The SMILES string of the molecule is C.S=C(NCCCNCCCCNCCCNC(=S)NC(c1ccccc1)c1ccccc1)NC(c1ccccc1)c1ccccc1. The van der Waals surface area contributed by atoms with Gasteiger partial charge in [0.2, 0.25) is 0 Å². The molecule has 250 valence electrons. The number of rotatable bonds is 19. The lowest BCUT2D eigenvalue weighted by molar-refractivity contribution is 0.563. The molecule has 0 saturated heterocycles. The first-order valence-corrected chi connectivity index (χ1v) is 17.2. The van der Waals surface area contributed by atoms with E-state index in [9.17, 15) is 0 Å². The molecule has 0 aromatic heterocycles. The van der Waals surface area contributed by atoms with E-state index in [1.165, 1.54) is 22.3 Å². The molecule has 8 heteroatoms. The van der Waals surface area contributed by atoms with Gasteiger partial charge in [-0.2, -0.15) is 0 Å². The second-order valence-electron chi connectivity index (χ2n) is 11.2. The highest BCUT2D eigenvalue weighted by Gasteiger charge is 2.15. The standard InChI is InChI=1S/C38H48N6S2.CH4/c45-37(43-35(31-17-5-1-6-18-31)32-19-7-2-8-20-32)41-29-15-27-39-25-13-14-26-40-28-16-30-42-38(46)44-36(33-21-9-3-10-22-33)34-23-11-4-12-24-34;/h1-12,17-24,35-36,39-40H,13-16,25-30H2,(H2,41,43,45)(H2,42,44,46);1H4. The molecule has 0 unspecified atom stereocenters. The van der Waals surface area contributed by atoms with E-state index in [1.807, 2.05) is 24.3 Å². The summed E-state index contributed by atoms with van der Waals surface area (Å²) in [4.78, 5) is 0. The van der Waals surface area contributed by atoms with E-state index in [0.29, 0.717) is 10.2 Å². The Labute approximate surface area is 293 Å². The van der Waals surface area contributed by atoms with Gasteiger partial charge in [0.05, 0.1) is 12.1 Å². The molecular formula is C39H52N6S2. The molecule has 0 aliphatic heterocycles. The van der Waals surface area contributed by atoms with Crippen molar-refractivity contribution in [2.75, 3.05) is 39.3 Å². The van der Waals surface area contributed by atoms with Crippen LogP contribution >= 0.6 is 24.4 Å². The van der Waals surface area contributed by atoms with Crippen molar-refractivity contribution in [3.8, 4) is 0 Å². The fourth-order valence-corrected chi connectivity index (χ4v) is 5.68. The maximum atomic E-state index is 5.62. The topological polar surface area (TPSA) is 72.2 Å². The van der Waals surface area contributed by atoms with Gasteiger partial charge in [-0.3, -0.25) is 0 Å². The van der Waals surface area contributed by atoms with Crippen LogP contribution in [0, 0.1) is 0 Å². The number of thiocarbonyl (C=S) groups is 2. The summed E-state index contributed by atoms with van der Waals surface area (Å²) in [6, 6.07) is 41.8. The van der Waals surface area contributed by atoms with Crippen molar-refractivity contribution in [3.63, 3.8) is 0 Å². The van der Waals surface area contributed by atoms with E-state index in [0.717, 1.165) is 65.0 Å². The molecule has 0 amide bonds. The summed E-state index contributed by atoms with van der Waals surface area (Å²) in [5.74, 6) is 0. The third kappa shape index (κ3) is 14.2. The fraction of sp³-hybridized carbons (Fsp3) is 0.333. The van der Waals surface area contributed by atoms with Crippen LogP contribution in [0.1, 0.15) is 67.4 Å². The van der Waals surface area contributed by atoms with E-state index in [1.54, 1.807) is 0 Å². The molecule has 0 saturated carbocycles. The summed E-state index contributed by atoms with van der Waals surface area (Å²) in [5, 5.41) is 22.2. The lowest BCUT2D eigenvalue weighted by Gasteiger charge is -2.22. The highest BCUT2D eigenvalue weighted by Crippen LogP contribution is 2.22. The molecule has 0 fully saturated rings. The molecule has 4 rings (SSSR count). The average Bonchev–Trinajstić information content (AvgIpc) is 3.11. The summed E-state index contributed by atoms with van der Waals surface area (Å²) in [6.07, 6.45) is 4.34. The highest BCUT2D eigenvalue weighted by atomic mass is 32.1. The molecule has 0 atom stereocenters. The first-order valence-electron chi connectivity index (χ1n) is 16.4. The maximum absolute atomic E-state index is 5.62. The Morgan fingerprint density at radius 1 is 0.404 bits per heavy atom. The zero-order valence-corrected chi connectivity index (χ0v) is 28.2. The van der Waals surface area contributed by atoms with E-state index in [-0.39, 0.29) is 19.5 Å². The minimum absolute atomic E-state index is 0. The van der Waals surface area contributed by atoms with Gasteiger partial charge in [-0.1, -0.05) is 129 Å². The first-order chi connectivity index (χ1) is 22.7. The quantitative estimate of drug-likeness (QED) is 0.0478. The second-order valence-corrected chi connectivity index (χ2v) is 12.0. The van der Waals surface area contributed by atoms with Crippen LogP contribution in [0.25, 0.3) is 0 Å². The Balaban J connectivity index is 0.00000600. The molecule has 47 heavy (non-hydrogen) atoms. The highest BCUT2D eigenvalue weighted by molar-refractivity contribution is 7.80. The predicted octanol–water partition coefficient (Wildman–Crippen LogP) is 6.87. The molecular weight excluding hydrogens is 617 g/mol. The summed E-state index contributed by atoms with van der Waals surface area (Å²) < 4.78 is 0. The Bertz CT molecular complexity index is 1200. The van der Waals surface area contributed by atoms with Crippen LogP contribution in [0.5, 0.6) is 0 Å². The van der Waals surface area contributed by atoms with Gasteiger partial charge in [0.1, 0.15) is 0 Å². The largest absolute Gasteiger partial charge is 0.363 e. The predicted molar refractivity (Wildman–Crippen MR) is 208 cm³/mol.